The first-order valence-electron chi connectivity index (χ1n) is 8.75. The second-order valence-corrected chi connectivity index (χ2v) is 8.45. The number of benzene rings is 1. The SMILES string of the molecule is CC[C@H](OC(=O)c1ccc2c(c1)CCN2S(C)(=O)=O)C(=O)Nc1cc(C)on1. The number of anilines is 2. The second-order valence-electron chi connectivity index (χ2n) is 6.54. The smallest absolute Gasteiger partial charge is 0.338 e. The van der Waals surface area contributed by atoms with E-state index in [0.29, 0.717) is 24.4 Å². The molecule has 1 amide bonds. The Morgan fingerprint density at radius 3 is 2.71 bits per heavy atom. The number of aromatic nitrogens is 1. The highest BCUT2D eigenvalue weighted by atomic mass is 32.2. The van der Waals surface area contributed by atoms with Gasteiger partial charge in [-0.3, -0.25) is 9.10 Å². The van der Waals surface area contributed by atoms with Crippen LogP contribution in [0.15, 0.2) is 28.8 Å². The largest absolute Gasteiger partial charge is 0.449 e. The molecule has 0 spiro atoms. The number of nitrogens with zero attached hydrogens (tertiary/aromatic N) is 2. The van der Waals surface area contributed by atoms with Gasteiger partial charge in [-0.25, -0.2) is 13.2 Å². The molecule has 3 rings (SSSR count). The second kappa shape index (κ2) is 7.63. The van der Waals surface area contributed by atoms with Crippen molar-refractivity contribution < 1.29 is 27.3 Å². The summed E-state index contributed by atoms with van der Waals surface area (Å²) < 4.78 is 35.1. The normalized spacial score (nSPS) is 14.5. The monoisotopic (exact) mass is 407 g/mol. The van der Waals surface area contributed by atoms with Crippen molar-refractivity contribution in [3.8, 4) is 0 Å². The Hall–Kier alpha value is -2.88. The van der Waals surface area contributed by atoms with Crippen LogP contribution in [-0.4, -0.2) is 44.4 Å². The van der Waals surface area contributed by atoms with Crippen molar-refractivity contribution in [2.45, 2.75) is 32.8 Å². The summed E-state index contributed by atoms with van der Waals surface area (Å²) in [5.74, 6) is -0.371. The molecule has 0 unspecified atom stereocenters. The Morgan fingerprint density at radius 1 is 1.36 bits per heavy atom. The summed E-state index contributed by atoms with van der Waals surface area (Å²) in [4.78, 5) is 24.8. The molecule has 150 valence electrons. The molecule has 2 aromatic rings. The van der Waals surface area contributed by atoms with Crippen molar-refractivity contribution in [1.82, 2.24) is 5.16 Å². The van der Waals surface area contributed by atoms with Gasteiger partial charge in [-0.1, -0.05) is 12.1 Å². The zero-order valence-corrected chi connectivity index (χ0v) is 16.6. The summed E-state index contributed by atoms with van der Waals surface area (Å²) in [6.45, 7) is 3.75. The molecule has 1 aromatic carbocycles. The van der Waals surface area contributed by atoms with Crippen molar-refractivity contribution in [1.29, 1.82) is 0 Å². The summed E-state index contributed by atoms with van der Waals surface area (Å²) in [5.41, 5.74) is 1.57. The van der Waals surface area contributed by atoms with E-state index >= 15 is 0 Å². The van der Waals surface area contributed by atoms with E-state index in [1.165, 1.54) is 10.4 Å². The molecule has 28 heavy (non-hydrogen) atoms. The van der Waals surface area contributed by atoms with Crippen LogP contribution in [0.25, 0.3) is 0 Å². The van der Waals surface area contributed by atoms with Crippen LogP contribution in [-0.2, 0) is 26.0 Å². The van der Waals surface area contributed by atoms with E-state index in [-0.39, 0.29) is 17.8 Å². The van der Waals surface area contributed by atoms with Crippen molar-refractivity contribution in [2.75, 3.05) is 22.4 Å². The van der Waals surface area contributed by atoms with Crippen LogP contribution in [0, 0.1) is 6.92 Å². The van der Waals surface area contributed by atoms with Crippen LogP contribution in [0.5, 0.6) is 0 Å². The van der Waals surface area contributed by atoms with E-state index in [1.54, 1.807) is 32.0 Å². The van der Waals surface area contributed by atoms with Crippen molar-refractivity contribution in [2.24, 2.45) is 0 Å². The van der Waals surface area contributed by atoms with Gasteiger partial charge in [0.2, 0.25) is 10.0 Å². The minimum absolute atomic E-state index is 0.246. The topological polar surface area (TPSA) is 119 Å². The van der Waals surface area contributed by atoms with E-state index in [2.05, 4.69) is 10.5 Å². The first kappa shape index (κ1) is 19.9. The number of nitrogens with one attached hydrogen (secondary N) is 1. The number of carbonyl (C=O) groups is 2. The van der Waals surface area contributed by atoms with Crippen LogP contribution in [0.4, 0.5) is 11.5 Å². The predicted molar refractivity (Wildman–Crippen MR) is 102 cm³/mol. The highest BCUT2D eigenvalue weighted by molar-refractivity contribution is 7.92. The zero-order valence-electron chi connectivity index (χ0n) is 15.8. The molecule has 1 aliphatic rings. The molecule has 0 bridgehead atoms. The molecule has 0 saturated carbocycles. The fourth-order valence-electron chi connectivity index (χ4n) is 2.99. The summed E-state index contributed by atoms with van der Waals surface area (Å²) in [6, 6.07) is 6.24. The van der Waals surface area contributed by atoms with Crippen LogP contribution in [0.1, 0.15) is 35.0 Å². The number of hydrogen-bond acceptors (Lipinski definition) is 7. The lowest BCUT2D eigenvalue weighted by Gasteiger charge is -2.17. The third-order valence-corrected chi connectivity index (χ3v) is 5.54. The van der Waals surface area contributed by atoms with E-state index < -0.39 is 28.0 Å². The maximum absolute atomic E-state index is 12.5. The molecule has 10 heteroatoms. The summed E-state index contributed by atoms with van der Waals surface area (Å²) in [6.07, 6.45) is 0.934. The van der Waals surface area contributed by atoms with Gasteiger partial charge in [0, 0.05) is 12.6 Å². The van der Waals surface area contributed by atoms with Crippen molar-refractivity contribution >= 4 is 33.4 Å². The first-order chi connectivity index (χ1) is 13.2. The third kappa shape index (κ3) is 4.16. The number of esters is 1. The van der Waals surface area contributed by atoms with Gasteiger partial charge in [-0.15, -0.1) is 0 Å². The van der Waals surface area contributed by atoms with Gasteiger partial charge < -0.3 is 14.6 Å². The number of ether oxygens (including phenoxy) is 1. The first-order valence-corrected chi connectivity index (χ1v) is 10.6. The molecule has 2 heterocycles. The maximum atomic E-state index is 12.5. The van der Waals surface area contributed by atoms with E-state index in [4.69, 9.17) is 9.26 Å². The van der Waals surface area contributed by atoms with Crippen LogP contribution >= 0.6 is 0 Å². The molecule has 1 aromatic heterocycles. The van der Waals surface area contributed by atoms with Gasteiger partial charge in [-0.05, 0) is 43.5 Å². The van der Waals surface area contributed by atoms with Gasteiger partial charge in [0.05, 0.1) is 17.5 Å². The molecule has 1 aliphatic heterocycles. The molecule has 0 saturated heterocycles. The Bertz CT molecular complexity index is 1010. The molecule has 1 N–H and O–H groups in total. The quantitative estimate of drug-likeness (QED) is 0.726. The lowest BCUT2D eigenvalue weighted by Crippen LogP contribution is -2.32. The Balaban J connectivity index is 1.70. The standard InChI is InChI=1S/C18H21N3O6S/c1-4-15(17(22)19-16-9-11(2)27-20-16)26-18(23)13-5-6-14-12(10-13)7-8-21(14)28(3,24)25/h5-6,9-10,15H,4,7-8H2,1-3H3,(H,19,20,22)/t15-/m0/s1. The number of amides is 1. The Labute approximate surface area is 162 Å². The highest BCUT2D eigenvalue weighted by Gasteiger charge is 2.28. The highest BCUT2D eigenvalue weighted by Crippen LogP contribution is 2.31. The van der Waals surface area contributed by atoms with E-state index in [9.17, 15) is 18.0 Å². The lowest BCUT2D eigenvalue weighted by molar-refractivity contribution is -0.124. The number of sulfonamides is 1. The van der Waals surface area contributed by atoms with Crippen molar-refractivity contribution in [3.05, 3.63) is 41.2 Å². The van der Waals surface area contributed by atoms with E-state index in [1.807, 2.05) is 0 Å². The predicted octanol–water partition coefficient (Wildman–Crippen LogP) is 1.88. The third-order valence-electron chi connectivity index (χ3n) is 4.36. The van der Waals surface area contributed by atoms with Gasteiger partial charge >= 0.3 is 5.97 Å². The fourth-order valence-corrected chi connectivity index (χ4v) is 3.95. The number of rotatable bonds is 6. The molecule has 0 radical (unpaired) electrons. The van der Waals surface area contributed by atoms with Crippen LogP contribution in [0.3, 0.4) is 0 Å². The van der Waals surface area contributed by atoms with Gasteiger partial charge in [-0.2, -0.15) is 0 Å². The Kier molecular flexibility index (Phi) is 5.41. The maximum Gasteiger partial charge on any atom is 0.338 e. The van der Waals surface area contributed by atoms with Gasteiger partial charge in [0.15, 0.2) is 11.9 Å². The number of carbonyl (C=O) groups excluding carboxylic acids is 2. The fraction of sp³-hybridized carbons (Fsp3) is 0.389. The number of fused-ring (bicyclic) bond motifs is 1. The molecule has 9 nitrogen and oxygen atoms in total. The summed E-state index contributed by atoms with van der Waals surface area (Å²) in [5, 5.41) is 6.22. The minimum atomic E-state index is -3.36. The molecule has 1 atom stereocenters. The minimum Gasteiger partial charge on any atom is -0.449 e. The van der Waals surface area contributed by atoms with Crippen LogP contribution < -0.4 is 9.62 Å². The van der Waals surface area contributed by atoms with Crippen LogP contribution in [0.2, 0.25) is 0 Å². The molecule has 0 fully saturated rings. The van der Waals surface area contributed by atoms with Gasteiger partial charge in [0.1, 0.15) is 5.76 Å². The zero-order chi connectivity index (χ0) is 20.5. The molecular weight excluding hydrogens is 386 g/mol. The molecule has 0 aliphatic carbocycles. The van der Waals surface area contributed by atoms with Crippen molar-refractivity contribution in [3.63, 3.8) is 0 Å². The van der Waals surface area contributed by atoms with E-state index in [0.717, 1.165) is 11.8 Å². The summed E-state index contributed by atoms with van der Waals surface area (Å²) >= 11 is 0. The molecular formula is C18H21N3O6S. The average Bonchev–Trinajstić information content (AvgIpc) is 3.24. The lowest BCUT2D eigenvalue weighted by atomic mass is 10.1. The van der Waals surface area contributed by atoms with Gasteiger partial charge in [0.25, 0.3) is 5.91 Å². The summed E-state index contributed by atoms with van der Waals surface area (Å²) in [7, 11) is -3.36. The number of aryl methyl sites for hydroxylation is 1. The average molecular weight is 407 g/mol. The Morgan fingerprint density at radius 2 is 2.11 bits per heavy atom. The number of hydrogen-bond donors (Lipinski definition) is 1.